The van der Waals surface area contributed by atoms with E-state index in [2.05, 4.69) is 45.1 Å². The van der Waals surface area contributed by atoms with E-state index in [1.165, 1.54) is 16.2 Å². The van der Waals surface area contributed by atoms with Gasteiger partial charge in [-0.05, 0) is 38.4 Å². The predicted octanol–water partition coefficient (Wildman–Crippen LogP) is 3.75. The van der Waals surface area contributed by atoms with Gasteiger partial charge in [-0.15, -0.1) is 11.3 Å². The maximum atomic E-state index is 3.57. The third-order valence-corrected chi connectivity index (χ3v) is 3.84. The molecule has 0 saturated carbocycles. The summed E-state index contributed by atoms with van der Waals surface area (Å²) < 4.78 is 0. The van der Waals surface area contributed by atoms with E-state index >= 15 is 0 Å². The molecule has 0 aliphatic heterocycles. The second kappa shape index (κ2) is 5.52. The summed E-state index contributed by atoms with van der Waals surface area (Å²) in [7, 11) is 0. The number of thiophene rings is 1. The Kier molecular flexibility index (Phi) is 4.63. The second-order valence-electron chi connectivity index (χ2n) is 4.09. The van der Waals surface area contributed by atoms with Crippen LogP contribution in [0.5, 0.6) is 0 Å². The van der Waals surface area contributed by atoms with Crippen LogP contribution in [0.3, 0.4) is 0 Å². The molecule has 1 aromatic rings. The summed E-state index contributed by atoms with van der Waals surface area (Å²) in [6.07, 6.45) is 1.25. The largest absolute Gasteiger partial charge is 0.309 e. The molecule has 2 atom stereocenters. The molecule has 0 aliphatic rings. The van der Waals surface area contributed by atoms with Gasteiger partial charge in [-0.25, -0.2) is 0 Å². The summed E-state index contributed by atoms with van der Waals surface area (Å²) in [5, 5.41) is 3.57. The van der Waals surface area contributed by atoms with Crippen LogP contribution < -0.4 is 5.32 Å². The SMILES string of the molecule is CCC(C)CNC(C)c1ccc(C)s1. The van der Waals surface area contributed by atoms with Crippen molar-refractivity contribution >= 4 is 11.3 Å². The molecule has 14 heavy (non-hydrogen) atoms. The maximum Gasteiger partial charge on any atom is 0.0386 e. The first-order valence-corrected chi connectivity index (χ1v) is 6.24. The fourth-order valence-corrected chi connectivity index (χ4v) is 2.21. The van der Waals surface area contributed by atoms with Gasteiger partial charge in [0.2, 0.25) is 0 Å². The van der Waals surface area contributed by atoms with E-state index in [9.17, 15) is 0 Å². The highest BCUT2D eigenvalue weighted by atomic mass is 32.1. The van der Waals surface area contributed by atoms with Gasteiger partial charge in [0.1, 0.15) is 0 Å². The minimum atomic E-state index is 0.502. The lowest BCUT2D eigenvalue weighted by Gasteiger charge is -2.15. The maximum absolute atomic E-state index is 3.57. The Labute approximate surface area is 91.5 Å². The van der Waals surface area contributed by atoms with Gasteiger partial charge in [0, 0.05) is 15.8 Å². The minimum absolute atomic E-state index is 0.502. The molecule has 0 fully saturated rings. The van der Waals surface area contributed by atoms with Crippen LogP contribution >= 0.6 is 11.3 Å². The lowest BCUT2D eigenvalue weighted by molar-refractivity contribution is 0.464. The van der Waals surface area contributed by atoms with E-state index in [1.807, 2.05) is 11.3 Å². The van der Waals surface area contributed by atoms with Crippen LogP contribution in [-0.4, -0.2) is 6.54 Å². The molecule has 0 aromatic carbocycles. The molecule has 0 spiro atoms. The minimum Gasteiger partial charge on any atom is -0.309 e. The van der Waals surface area contributed by atoms with Gasteiger partial charge >= 0.3 is 0 Å². The van der Waals surface area contributed by atoms with E-state index in [0.29, 0.717) is 6.04 Å². The summed E-state index contributed by atoms with van der Waals surface area (Å²) >= 11 is 1.89. The predicted molar refractivity (Wildman–Crippen MR) is 64.9 cm³/mol. The molecule has 1 rings (SSSR count). The van der Waals surface area contributed by atoms with Crippen molar-refractivity contribution in [2.45, 2.75) is 40.2 Å². The topological polar surface area (TPSA) is 12.0 Å². The summed E-state index contributed by atoms with van der Waals surface area (Å²) in [4.78, 5) is 2.85. The Hall–Kier alpha value is -0.340. The van der Waals surface area contributed by atoms with E-state index in [-0.39, 0.29) is 0 Å². The van der Waals surface area contributed by atoms with Crippen LogP contribution in [0.4, 0.5) is 0 Å². The van der Waals surface area contributed by atoms with Gasteiger partial charge < -0.3 is 5.32 Å². The standard InChI is InChI=1S/C12H21NS/c1-5-9(2)8-13-11(4)12-7-6-10(3)14-12/h6-7,9,11,13H,5,8H2,1-4H3. The molecule has 0 aliphatic carbocycles. The highest BCUT2D eigenvalue weighted by Crippen LogP contribution is 2.22. The molecule has 0 saturated heterocycles. The Morgan fingerprint density at radius 3 is 2.57 bits per heavy atom. The molecule has 1 N–H and O–H groups in total. The normalized spacial score (nSPS) is 15.4. The van der Waals surface area contributed by atoms with Crippen LogP contribution in [0.15, 0.2) is 12.1 Å². The molecule has 80 valence electrons. The van der Waals surface area contributed by atoms with Crippen molar-refractivity contribution in [2.75, 3.05) is 6.54 Å². The average Bonchev–Trinajstić information content (AvgIpc) is 2.60. The fraction of sp³-hybridized carbons (Fsp3) is 0.667. The molecule has 0 bridgehead atoms. The van der Waals surface area contributed by atoms with Gasteiger partial charge in [0.25, 0.3) is 0 Å². The first-order chi connectivity index (χ1) is 6.63. The number of rotatable bonds is 5. The zero-order valence-electron chi connectivity index (χ0n) is 9.63. The molecule has 1 heterocycles. The fourth-order valence-electron chi connectivity index (χ4n) is 1.31. The van der Waals surface area contributed by atoms with E-state index in [1.54, 1.807) is 0 Å². The van der Waals surface area contributed by atoms with Crippen LogP contribution in [-0.2, 0) is 0 Å². The van der Waals surface area contributed by atoms with Crippen LogP contribution in [0.1, 0.15) is 43.0 Å². The molecular formula is C12H21NS. The van der Waals surface area contributed by atoms with E-state index < -0.39 is 0 Å². The Morgan fingerprint density at radius 2 is 2.07 bits per heavy atom. The first kappa shape index (κ1) is 11.7. The third-order valence-electron chi connectivity index (χ3n) is 2.66. The molecule has 0 amide bonds. The lowest BCUT2D eigenvalue weighted by Crippen LogP contribution is -2.23. The Morgan fingerprint density at radius 1 is 1.36 bits per heavy atom. The second-order valence-corrected chi connectivity index (χ2v) is 5.41. The van der Waals surface area contributed by atoms with Crippen molar-refractivity contribution in [1.29, 1.82) is 0 Å². The molecule has 2 unspecified atom stereocenters. The van der Waals surface area contributed by atoms with Crippen LogP contribution in [0.2, 0.25) is 0 Å². The summed E-state index contributed by atoms with van der Waals surface area (Å²) in [6.45, 7) is 10.1. The average molecular weight is 211 g/mol. The smallest absolute Gasteiger partial charge is 0.0386 e. The number of hydrogen-bond acceptors (Lipinski definition) is 2. The zero-order valence-corrected chi connectivity index (χ0v) is 10.4. The number of hydrogen-bond donors (Lipinski definition) is 1. The van der Waals surface area contributed by atoms with Crippen molar-refractivity contribution in [3.63, 3.8) is 0 Å². The first-order valence-electron chi connectivity index (χ1n) is 5.43. The van der Waals surface area contributed by atoms with Crippen molar-refractivity contribution in [2.24, 2.45) is 5.92 Å². The highest BCUT2D eigenvalue weighted by molar-refractivity contribution is 7.12. The molecule has 1 aromatic heterocycles. The molecule has 2 heteroatoms. The van der Waals surface area contributed by atoms with Gasteiger partial charge in [0.15, 0.2) is 0 Å². The molecule has 0 radical (unpaired) electrons. The summed E-state index contributed by atoms with van der Waals surface area (Å²) in [5.74, 6) is 0.776. The Balaban J connectivity index is 2.39. The van der Waals surface area contributed by atoms with Crippen molar-refractivity contribution in [3.05, 3.63) is 21.9 Å². The van der Waals surface area contributed by atoms with Gasteiger partial charge in [-0.1, -0.05) is 20.3 Å². The monoisotopic (exact) mass is 211 g/mol. The Bertz CT molecular complexity index is 267. The summed E-state index contributed by atoms with van der Waals surface area (Å²) in [5.41, 5.74) is 0. The number of nitrogens with one attached hydrogen (secondary N) is 1. The van der Waals surface area contributed by atoms with Gasteiger partial charge in [0.05, 0.1) is 0 Å². The van der Waals surface area contributed by atoms with E-state index in [4.69, 9.17) is 0 Å². The van der Waals surface area contributed by atoms with Gasteiger partial charge in [-0.3, -0.25) is 0 Å². The summed E-state index contributed by atoms with van der Waals surface area (Å²) in [6, 6.07) is 4.93. The van der Waals surface area contributed by atoms with Crippen molar-refractivity contribution in [1.82, 2.24) is 5.32 Å². The van der Waals surface area contributed by atoms with Crippen molar-refractivity contribution in [3.8, 4) is 0 Å². The van der Waals surface area contributed by atoms with E-state index in [0.717, 1.165) is 12.5 Å². The van der Waals surface area contributed by atoms with Gasteiger partial charge in [-0.2, -0.15) is 0 Å². The third kappa shape index (κ3) is 3.43. The van der Waals surface area contributed by atoms with Crippen LogP contribution in [0, 0.1) is 12.8 Å². The lowest BCUT2D eigenvalue weighted by atomic mass is 10.1. The zero-order chi connectivity index (χ0) is 10.6. The molecular weight excluding hydrogens is 190 g/mol. The highest BCUT2D eigenvalue weighted by Gasteiger charge is 2.07. The van der Waals surface area contributed by atoms with Crippen LogP contribution in [0.25, 0.3) is 0 Å². The molecule has 1 nitrogen and oxygen atoms in total. The number of aryl methyl sites for hydroxylation is 1. The quantitative estimate of drug-likeness (QED) is 0.782. The van der Waals surface area contributed by atoms with Crippen molar-refractivity contribution < 1.29 is 0 Å².